The summed E-state index contributed by atoms with van der Waals surface area (Å²) in [5.41, 5.74) is 7.04. The topological polar surface area (TPSA) is 12.9 Å². The van der Waals surface area contributed by atoms with E-state index in [1.165, 1.54) is 67.9 Å². The number of rotatable bonds is 12. The summed E-state index contributed by atoms with van der Waals surface area (Å²) in [4.78, 5) is 4.90. The van der Waals surface area contributed by atoms with Crippen LogP contribution >= 0.6 is 0 Å². The summed E-state index contributed by atoms with van der Waals surface area (Å²) < 4.78 is 14.8. The van der Waals surface area contributed by atoms with E-state index in [0.29, 0.717) is 5.56 Å². The molecule has 0 bridgehead atoms. The van der Waals surface area contributed by atoms with Gasteiger partial charge in [0, 0.05) is 16.5 Å². The van der Waals surface area contributed by atoms with Crippen molar-refractivity contribution in [2.24, 2.45) is 0 Å². The van der Waals surface area contributed by atoms with E-state index in [0.717, 1.165) is 35.2 Å². The van der Waals surface area contributed by atoms with Crippen molar-refractivity contribution < 1.29 is 4.39 Å². The Bertz CT molecular complexity index is 1230. The normalized spacial score (nSPS) is 11.3. The van der Waals surface area contributed by atoms with E-state index in [9.17, 15) is 4.39 Å². The molecule has 0 saturated carbocycles. The Hall–Kier alpha value is -3.00. The SMILES string of the molecule is CCCCCCc1ccc(-c2cc(-c3ccc4cc(CCCCCC)ccc4n3)ccc2F)cc1. The highest BCUT2D eigenvalue weighted by Gasteiger charge is 2.10. The Morgan fingerprint density at radius 1 is 0.600 bits per heavy atom. The van der Waals surface area contributed by atoms with Crippen molar-refractivity contribution in [3.8, 4) is 22.4 Å². The van der Waals surface area contributed by atoms with Gasteiger partial charge in [-0.3, -0.25) is 0 Å². The molecule has 2 heteroatoms. The molecule has 4 aromatic rings. The minimum atomic E-state index is -0.196. The van der Waals surface area contributed by atoms with Crippen LogP contribution in [0.3, 0.4) is 0 Å². The number of fused-ring (bicyclic) bond motifs is 1. The van der Waals surface area contributed by atoms with Crippen LogP contribution in [-0.4, -0.2) is 4.98 Å². The number of hydrogen-bond acceptors (Lipinski definition) is 1. The van der Waals surface area contributed by atoms with E-state index in [-0.39, 0.29) is 5.82 Å². The molecular weight excluding hydrogens is 429 g/mol. The summed E-state index contributed by atoms with van der Waals surface area (Å²) in [6.07, 6.45) is 12.3. The van der Waals surface area contributed by atoms with Crippen LogP contribution in [0.2, 0.25) is 0 Å². The van der Waals surface area contributed by atoms with Gasteiger partial charge in [0.05, 0.1) is 11.2 Å². The zero-order valence-corrected chi connectivity index (χ0v) is 21.3. The van der Waals surface area contributed by atoms with E-state index in [1.54, 1.807) is 6.07 Å². The van der Waals surface area contributed by atoms with Crippen molar-refractivity contribution in [1.82, 2.24) is 4.98 Å². The third-order valence-electron chi connectivity index (χ3n) is 6.92. The molecule has 0 saturated heterocycles. The number of hydrogen-bond donors (Lipinski definition) is 0. The van der Waals surface area contributed by atoms with E-state index in [4.69, 9.17) is 4.98 Å². The van der Waals surface area contributed by atoms with E-state index >= 15 is 0 Å². The van der Waals surface area contributed by atoms with E-state index in [2.05, 4.69) is 56.3 Å². The van der Waals surface area contributed by atoms with Gasteiger partial charge in [-0.15, -0.1) is 0 Å². The van der Waals surface area contributed by atoms with Gasteiger partial charge in [-0.1, -0.05) is 88.8 Å². The fourth-order valence-corrected chi connectivity index (χ4v) is 4.76. The second-order valence-electron chi connectivity index (χ2n) is 9.74. The van der Waals surface area contributed by atoms with Gasteiger partial charge in [0.25, 0.3) is 0 Å². The second-order valence-corrected chi connectivity index (χ2v) is 9.74. The molecule has 1 nitrogen and oxygen atoms in total. The standard InChI is InChI=1S/C33H38FN/c1-3-5-7-9-11-25-13-16-27(17-14-25)30-24-29(18-20-31(30)34)33-22-19-28-23-26(12-10-8-6-4-2)15-21-32(28)35-33/h13-24H,3-12H2,1-2H3. The first kappa shape index (κ1) is 25.1. The zero-order valence-electron chi connectivity index (χ0n) is 21.3. The number of halogens is 1. The molecule has 0 spiro atoms. The molecule has 0 aliphatic heterocycles. The lowest BCUT2D eigenvalue weighted by Gasteiger charge is -2.10. The average molecular weight is 468 g/mol. The van der Waals surface area contributed by atoms with Gasteiger partial charge in [0.1, 0.15) is 5.82 Å². The Labute approximate surface area is 210 Å². The molecule has 1 heterocycles. The summed E-state index contributed by atoms with van der Waals surface area (Å²) in [5, 5.41) is 1.17. The summed E-state index contributed by atoms with van der Waals surface area (Å²) in [5.74, 6) is -0.196. The van der Waals surface area contributed by atoms with Crippen molar-refractivity contribution >= 4 is 10.9 Å². The van der Waals surface area contributed by atoms with Gasteiger partial charge in [-0.2, -0.15) is 0 Å². The van der Waals surface area contributed by atoms with Crippen LogP contribution < -0.4 is 0 Å². The fraction of sp³-hybridized carbons (Fsp3) is 0.364. The maximum atomic E-state index is 14.8. The van der Waals surface area contributed by atoms with Crippen LogP contribution in [0.25, 0.3) is 33.3 Å². The molecule has 0 unspecified atom stereocenters. The Morgan fingerprint density at radius 3 is 1.97 bits per heavy atom. The van der Waals surface area contributed by atoms with Crippen LogP contribution in [0.4, 0.5) is 4.39 Å². The van der Waals surface area contributed by atoms with E-state index in [1.807, 2.05) is 24.3 Å². The number of unbranched alkanes of at least 4 members (excludes halogenated alkanes) is 6. The quantitative estimate of drug-likeness (QED) is 0.189. The van der Waals surface area contributed by atoms with Crippen LogP contribution in [0, 0.1) is 5.82 Å². The maximum absolute atomic E-state index is 14.8. The van der Waals surface area contributed by atoms with Gasteiger partial charge in [-0.25, -0.2) is 9.37 Å². The van der Waals surface area contributed by atoms with Gasteiger partial charge >= 0.3 is 0 Å². The first-order valence-electron chi connectivity index (χ1n) is 13.5. The monoisotopic (exact) mass is 467 g/mol. The third kappa shape index (κ3) is 6.78. The largest absolute Gasteiger partial charge is 0.248 e. The lowest BCUT2D eigenvalue weighted by molar-refractivity contribution is 0.631. The molecule has 0 amide bonds. The van der Waals surface area contributed by atoms with Crippen LogP contribution in [0.5, 0.6) is 0 Å². The molecule has 0 aliphatic rings. The summed E-state index contributed by atoms with van der Waals surface area (Å²) in [6.45, 7) is 4.48. The lowest BCUT2D eigenvalue weighted by Crippen LogP contribution is -1.91. The van der Waals surface area contributed by atoms with Crippen molar-refractivity contribution in [1.29, 1.82) is 0 Å². The molecule has 0 N–H and O–H groups in total. The predicted molar refractivity (Wildman–Crippen MR) is 148 cm³/mol. The number of pyridine rings is 1. The number of aryl methyl sites for hydroxylation is 2. The van der Waals surface area contributed by atoms with Gasteiger partial charge in [0.2, 0.25) is 0 Å². The Morgan fingerprint density at radius 2 is 1.26 bits per heavy atom. The van der Waals surface area contributed by atoms with E-state index < -0.39 is 0 Å². The number of nitrogens with zero attached hydrogens (tertiary/aromatic N) is 1. The summed E-state index contributed by atoms with van der Waals surface area (Å²) >= 11 is 0. The molecule has 3 aromatic carbocycles. The highest BCUT2D eigenvalue weighted by molar-refractivity contribution is 5.83. The molecular formula is C33H38FN. The maximum Gasteiger partial charge on any atom is 0.131 e. The fourth-order valence-electron chi connectivity index (χ4n) is 4.76. The average Bonchev–Trinajstić information content (AvgIpc) is 2.89. The summed E-state index contributed by atoms with van der Waals surface area (Å²) in [7, 11) is 0. The number of benzene rings is 3. The van der Waals surface area contributed by atoms with Gasteiger partial charge < -0.3 is 0 Å². The number of aromatic nitrogens is 1. The molecule has 1 aromatic heterocycles. The second kappa shape index (κ2) is 12.6. The van der Waals surface area contributed by atoms with Gasteiger partial charge in [-0.05, 0) is 78.8 Å². The molecule has 182 valence electrons. The van der Waals surface area contributed by atoms with Crippen molar-refractivity contribution in [3.63, 3.8) is 0 Å². The lowest BCUT2D eigenvalue weighted by atomic mass is 9.98. The third-order valence-corrected chi connectivity index (χ3v) is 6.92. The highest BCUT2D eigenvalue weighted by Crippen LogP contribution is 2.30. The Kier molecular flexibility index (Phi) is 9.06. The molecule has 0 fully saturated rings. The minimum Gasteiger partial charge on any atom is -0.248 e. The Balaban J connectivity index is 1.51. The van der Waals surface area contributed by atoms with Crippen LogP contribution in [-0.2, 0) is 12.8 Å². The first-order valence-corrected chi connectivity index (χ1v) is 13.5. The van der Waals surface area contributed by atoms with Crippen LogP contribution in [0.1, 0.15) is 76.3 Å². The van der Waals surface area contributed by atoms with Gasteiger partial charge in [0.15, 0.2) is 0 Å². The zero-order chi connectivity index (χ0) is 24.5. The molecule has 35 heavy (non-hydrogen) atoms. The van der Waals surface area contributed by atoms with Crippen molar-refractivity contribution in [3.05, 3.63) is 89.7 Å². The molecule has 0 radical (unpaired) electrons. The van der Waals surface area contributed by atoms with Crippen molar-refractivity contribution in [2.75, 3.05) is 0 Å². The highest BCUT2D eigenvalue weighted by atomic mass is 19.1. The molecule has 0 aliphatic carbocycles. The molecule has 4 rings (SSSR count). The predicted octanol–water partition coefficient (Wildman–Crippen LogP) is 9.95. The summed E-state index contributed by atoms with van der Waals surface area (Å²) in [6, 6.07) is 24.5. The first-order chi connectivity index (χ1) is 17.2. The minimum absolute atomic E-state index is 0.196. The van der Waals surface area contributed by atoms with Crippen LogP contribution in [0.15, 0.2) is 72.8 Å². The molecule has 0 atom stereocenters. The van der Waals surface area contributed by atoms with Crippen molar-refractivity contribution in [2.45, 2.75) is 78.1 Å². The smallest absolute Gasteiger partial charge is 0.131 e.